The zero-order valence-corrected chi connectivity index (χ0v) is 17.1. The highest BCUT2D eigenvalue weighted by atomic mass is 79.9. The van der Waals surface area contributed by atoms with Crippen molar-refractivity contribution in [2.24, 2.45) is 0 Å². The van der Waals surface area contributed by atoms with Crippen LogP contribution in [-0.4, -0.2) is 43.9 Å². The SMILES string of the molecule is CC(C)(C)OC(=O)NCCNC(=O)C1(c2ccc(Br)cc2)CCOCC1. The van der Waals surface area contributed by atoms with Crippen LogP contribution in [0.25, 0.3) is 0 Å². The number of carbonyl (C=O) groups is 2. The van der Waals surface area contributed by atoms with Gasteiger partial charge in [0.05, 0.1) is 5.41 Å². The maximum Gasteiger partial charge on any atom is 0.407 e. The summed E-state index contributed by atoms with van der Waals surface area (Å²) in [4.78, 5) is 24.6. The Bertz CT molecular complexity index is 619. The van der Waals surface area contributed by atoms with Crippen LogP contribution < -0.4 is 10.6 Å². The van der Waals surface area contributed by atoms with Crippen molar-refractivity contribution in [3.8, 4) is 0 Å². The Labute approximate surface area is 163 Å². The summed E-state index contributed by atoms with van der Waals surface area (Å²) in [6.45, 7) is 7.19. The number of benzene rings is 1. The third kappa shape index (κ3) is 5.71. The topological polar surface area (TPSA) is 76.7 Å². The van der Waals surface area contributed by atoms with Gasteiger partial charge in [0.15, 0.2) is 0 Å². The second kappa shape index (κ2) is 8.86. The number of hydrogen-bond acceptors (Lipinski definition) is 4. The first-order valence-electron chi connectivity index (χ1n) is 8.82. The summed E-state index contributed by atoms with van der Waals surface area (Å²) in [5.41, 5.74) is -0.145. The summed E-state index contributed by atoms with van der Waals surface area (Å²) < 4.78 is 11.6. The molecule has 0 spiro atoms. The monoisotopic (exact) mass is 426 g/mol. The van der Waals surface area contributed by atoms with Crippen LogP contribution in [0.1, 0.15) is 39.2 Å². The molecule has 0 aliphatic carbocycles. The number of carbonyl (C=O) groups excluding carboxylic acids is 2. The highest BCUT2D eigenvalue weighted by molar-refractivity contribution is 9.10. The van der Waals surface area contributed by atoms with E-state index in [0.717, 1.165) is 10.0 Å². The summed E-state index contributed by atoms with van der Waals surface area (Å²) in [7, 11) is 0. The minimum absolute atomic E-state index is 0.0332. The Hall–Kier alpha value is -1.60. The smallest absolute Gasteiger partial charge is 0.407 e. The standard InChI is InChI=1S/C19H27BrN2O4/c1-18(2,3)26-17(24)22-11-10-21-16(23)19(8-12-25-13-9-19)14-4-6-15(20)7-5-14/h4-7H,8-13H2,1-3H3,(H,21,23)(H,22,24). The molecule has 1 heterocycles. The van der Waals surface area contributed by atoms with Gasteiger partial charge in [0, 0.05) is 30.8 Å². The van der Waals surface area contributed by atoms with E-state index in [1.54, 1.807) is 0 Å². The normalized spacial score (nSPS) is 16.6. The lowest BCUT2D eigenvalue weighted by Gasteiger charge is -2.36. The van der Waals surface area contributed by atoms with Gasteiger partial charge < -0.3 is 20.1 Å². The van der Waals surface area contributed by atoms with Crippen molar-refractivity contribution < 1.29 is 19.1 Å². The van der Waals surface area contributed by atoms with E-state index in [2.05, 4.69) is 26.6 Å². The fourth-order valence-corrected chi connectivity index (χ4v) is 3.22. The van der Waals surface area contributed by atoms with Crippen LogP contribution in [0.15, 0.2) is 28.7 Å². The molecule has 1 aromatic carbocycles. The van der Waals surface area contributed by atoms with E-state index >= 15 is 0 Å². The number of ether oxygens (including phenoxy) is 2. The van der Waals surface area contributed by atoms with Gasteiger partial charge >= 0.3 is 6.09 Å². The van der Waals surface area contributed by atoms with Crippen molar-refractivity contribution >= 4 is 27.9 Å². The van der Waals surface area contributed by atoms with E-state index < -0.39 is 17.1 Å². The third-order valence-corrected chi connectivity index (χ3v) is 4.79. The average Bonchev–Trinajstić information content (AvgIpc) is 2.58. The van der Waals surface area contributed by atoms with Crippen LogP contribution in [0, 0.1) is 0 Å². The van der Waals surface area contributed by atoms with E-state index in [1.165, 1.54) is 0 Å². The lowest BCUT2D eigenvalue weighted by Crippen LogP contribution is -2.49. The van der Waals surface area contributed by atoms with Gasteiger partial charge in [0.2, 0.25) is 5.91 Å². The summed E-state index contributed by atoms with van der Waals surface area (Å²) in [5, 5.41) is 5.60. The molecule has 2 amide bonds. The zero-order chi connectivity index (χ0) is 19.2. The van der Waals surface area contributed by atoms with Crippen molar-refractivity contribution in [1.82, 2.24) is 10.6 Å². The van der Waals surface area contributed by atoms with E-state index in [4.69, 9.17) is 9.47 Å². The minimum atomic E-state index is -0.592. The first-order chi connectivity index (χ1) is 12.2. The molecule has 2 rings (SSSR count). The van der Waals surface area contributed by atoms with E-state index in [0.29, 0.717) is 39.1 Å². The van der Waals surface area contributed by atoms with E-state index in [-0.39, 0.29) is 5.91 Å². The van der Waals surface area contributed by atoms with E-state index in [9.17, 15) is 9.59 Å². The van der Waals surface area contributed by atoms with Gasteiger partial charge in [-0.3, -0.25) is 4.79 Å². The number of nitrogens with one attached hydrogen (secondary N) is 2. The molecule has 0 saturated carbocycles. The number of halogens is 1. The molecular formula is C19H27BrN2O4. The first-order valence-corrected chi connectivity index (χ1v) is 9.61. The highest BCUT2D eigenvalue weighted by Crippen LogP contribution is 2.35. The molecule has 1 saturated heterocycles. The second-order valence-corrected chi connectivity index (χ2v) is 8.30. The molecule has 1 aliphatic heterocycles. The molecule has 26 heavy (non-hydrogen) atoms. The Kier molecular flexibility index (Phi) is 7.06. The van der Waals surface area contributed by atoms with Gasteiger partial charge in [-0.1, -0.05) is 28.1 Å². The summed E-state index contributed by atoms with van der Waals surface area (Å²) >= 11 is 3.43. The summed E-state index contributed by atoms with van der Waals surface area (Å²) in [6.07, 6.45) is 0.792. The van der Waals surface area contributed by atoms with Crippen molar-refractivity contribution in [1.29, 1.82) is 0 Å². The van der Waals surface area contributed by atoms with Crippen molar-refractivity contribution in [2.75, 3.05) is 26.3 Å². The molecule has 0 unspecified atom stereocenters. The highest BCUT2D eigenvalue weighted by Gasteiger charge is 2.41. The molecular weight excluding hydrogens is 400 g/mol. The zero-order valence-electron chi connectivity index (χ0n) is 15.6. The number of amides is 2. The maximum atomic E-state index is 13.0. The Morgan fingerprint density at radius 1 is 1.12 bits per heavy atom. The molecule has 0 aromatic heterocycles. The average molecular weight is 427 g/mol. The van der Waals surface area contributed by atoms with Gasteiger partial charge in [-0.05, 0) is 51.3 Å². The maximum absolute atomic E-state index is 13.0. The van der Waals surface area contributed by atoms with E-state index in [1.807, 2.05) is 45.0 Å². The predicted molar refractivity (Wildman–Crippen MR) is 103 cm³/mol. The van der Waals surface area contributed by atoms with Gasteiger partial charge in [0.1, 0.15) is 5.60 Å². The molecule has 0 bridgehead atoms. The van der Waals surface area contributed by atoms with Gasteiger partial charge in [-0.15, -0.1) is 0 Å². The fraction of sp³-hybridized carbons (Fsp3) is 0.579. The number of alkyl carbamates (subject to hydrolysis) is 1. The quantitative estimate of drug-likeness (QED) is 0.708. The molecule has 0 radical (unpaired) electrons. The molecule has 1 fully saturated rings. The van der Waals surface area contributed by atoms with Crippen molar-refractivity contribution in [2.45, 2.75) is 44.6 Å². The van der Waals surface area contributed by atoms with Crippen LogP contribution in [0.2, 0.25) is 0 Å². The molecule has 1 aliphatic rings. The minimum Gasteiger partial charge on any atom is -0.444 e. The predicted octanol–water partition coefficient (Wildman–Crippen LogP) is 3.14. The lowest BCUT2D eigenvalue weighted by atomic mass is 9.73. The van der Waals surface area contributed by atoms with Crippen LogP contribution in [0.5, 0.6) is 0 Å². The number of hydrogen-bond donors (Lipinski definition) is 2. The largest absolute Gasteiger partial charge is 0.444 e. The van der Waals surface area contributed by atoms with Crippen LogP contribution >= 0.6 is 15.9 Å². The molecule has 6 nitrogen and oxygen atoms in total. The van der Waals surface area contributed by atoms with Crippen LogP contribution in [0.3, 0.4) is 0 Å². The molecule has 144 valence electrons. The van der Waals surface area contributed by atoms with Gasteiger partial charge in [0.25, 0.3) is 0 Å². The van der Waals surface area contributed by atoms with Crippen LogP contribution in [-0.2, 0) is 19.7 Å². The summed E-state index contributed by atoms with van der Waals surface area (Å²) in [6, 6.07) is 7.86. The molecule has 2 N–H and O–H groups in total. The molecule has 0 atom stereocenters. The second-order valence-electron chi connectivity index (χ2n) is 7.39. The Morgan fingerprint density at radius 3 is 2.27 bits per heavy atom. The number of rotatable bonds is 5. The Morgan fingerprint density at radius 2 is 1.69 bits per heavy atom. The molecule has 7 heteroatoms. The lowest BCUT2D eigenvalue weighted by molar-refractivity contribution is -0.130. The van der Waals surface area contributed by atoms with Crippen molar-refractivity contribution in [3.05, 3.63) is 34.3 Å². The fourth-order valence-electron chi connectivity index (χ4n) is 2.96. The summed E-state index contributed by atoms with van der Waals surface area (Å²) in [5.74, 6) is -0.0332. The van der Waals surface area contributed by atoms with Crippen LogP contribution in [0.4, 0.5) is 4.79 Å². The van der Waals surface area contributed by atoms with Gasteiger partial charge in [-0.2, -0.15) is 0 Å². The third-order valence-electron chi connectivity index (χ3n) is 4.26. The Balaban J connectivity index is 1.93. The molecule has 1 aromatic rings. The van der Waals surface area contributed by atoms with Gasteiger partial charge in [-0.25, -0.2) is 4.79 Å². The first kappa shape index (κ1) is 20.7. The van der Waals surface area contributed by atoms with Crippen molar-refractivity contribution in [3.63, 3.8) is 0 Å².